The molecule has 0 heterocycles. The van der Waals surface area contributed by atoms with Gasteiger partial charge in [0, 0.05) is 18.2 Å². The highest BCUT2D eigenvalue weighted by molar-refractivity contribution is 6.21. The van der Waals surface area contributed by atoms with E-state index in [9.17, 15) is 0 Å². The molecule has 1 aromatic carbocycles. The van der Waals surface area contributed by atoms with Gasteiger partial charge < -0.3 is 14.2 Å². The number of halogens is 1. The molecule has 1 aromatic rings. The van der Waals surface area contributed by atoms with Crippen LogP contribution in [0.2, 0.25) is 0 Å². The maximum Gasteiger partial charge on any atom is 0.203 e. The molecule has 0 saturated heterocycles. The van der Waals surface area contributed by atoms with Gasteiger partial charge in [-0.25, -0.2) is 0 Å². The molecule has 3 nitrogen and oxygen atoms in total. The molecule has 0 unspecified atom stereocenters. The molecule has 0 atom stereocenters. The molecular formula is C12H15ClO3. The van der Waals surface area contributed by atoms with Crippen LogP contribution in [0.25, 0.3) is 0 Å². The van der Waals surface area contributed by atoms with Gasteiger partial charge in [0.05, 0.1) is 14.2 Å². The first kappa shape index (κ1) is 11.4. The van der Waals surface area contributed by atoms with Crippen LogP contribution in [-0.4, -0.2) is 25.7 Å². The number of hydrogen-bond acceptors (Lipinski definition) is 3. The molecular weight excluding hydrogens is 228 g/mol. The Morgan fingerprint density at radius 1 is 1.12 bits per heavy atom. The summed E-state index contributed by atoms with van der Waals surface area (Å²) in [5.74, 6) is 2.05. The van der Waals surface area contributed by atoms with E-state index in [2.05, 4.69) is 0 Å². The average Bonchev–Trinajstić information content (AvgIpc) is 2.27. The third kappa shape index (κ3) is 2.19. The van der Waals surface area contributed by atoms with E-state index in [0.717, 1.165) is 12.8 Å². The molecule has 0 radical (unpaired) electrons. The van der Waals surface area contributed by atoms with Crippen molar-refractivity contribution in [2.75, 3.05) is 14.2 Å². The molecule has 0 bridgehead atoms. The summed E-state index contributed by atoms with van der Waals surface area (Å²) in [6.45, 7) is 0. The van der Waals surface area contributed by atoms with E-state index < -0.39 is 0 Å². The summed E-state index contributed by atoms with van der Waals surface area (Å²) in [6.07, 6.45) is 1.93. The topological polar surface area (TPSA) is 27.7 Å². The lowest BCUT2D eigenvalue weighted by Crippen LogP contribution is -2.34. The quantitative estimate of drug-likeness (QED) is 0.760. The summed E-state index contributed by atoms with van der Waals surface area (Å²) >= 11 is 5.91. The lowest BCUT2D eigenvalue weighted by Gasteiger charge is -2.32. The summed E-state index contributed by atoms with van der Waals surface area (Å²) in [6, 6.07) is 5.58. The average molecular weight is 243 g/mol. The van der Waals surface area contributed by atoms with Crippen LogP contribution >= 0.6 is 11.6 Å². The fourth-order valence-corrected chi connectivity index (χ4v) is 2.10. The summed E-state index contributed by atoms with van der Waals surface area (Å²) < 4.78 is 16.3. The highest BCUT2D eigenvalue weighted by atomic mass is 35.5. The Balaban J connectivity index is 2.16. The molecule has 0 amide bonds. The SMILES string of the molecule is COc1cccc(OC)c1OC1CC(Cl)C1. The van der Waals surface area contributed by atoms with Gasteiger partial charge in [-0.1, -0.05) is 6.07 Å². The Morgan fingerprint density at radius 2 is 1.69 bits per heavy atom. The van der Waals surface area contributed by atoms with Crippen molar-refractivity contribution in [3.63, 3.8) is 0 Å². The second-order valence-corrected chi connectivity index (χ2v) is 4.42. The first-order chi connectivity index (χ1) is 7.74. The van der Waals surface area contributed by atoms with Crippen molar-refractivity contribution < 1.29 is 14.2 Å². The third-order valence-corrected chi connectivity index (χ3v) is 3.06. The summed E-state index contributed by atoms with van der Waals surface area (Å²) in [5, 5.41) is 0.241. The van der Waals surface area contributed by atoms with Crippen molar-refractivity contribution in [1.82, 2.24) is 0 Å². The first-order valence-corrected chi connectivity index (χ1v) is 5.70. The minimum absolute atomic E-state index is 0.174. The number of rotatable bonds is 4. The van der Waals surface area contributed by atoms with Gasteiger partial charge in [-0.2, -0.15) is 0 Å². The molecule has 1 saturated carbocycles. The van der Waals surface area contributed by atoms with E-state index in [4.69, 9.17) is 25.8 Å². The van der Waals surface area contributed by atoms with Crippen molar-refractivity contribution in [3.8, 4) is 17.2 Å². The summed E-state index contributed by atoms with van der Waals surface area (Å²) in [4.78, 5) is 0. The van der Waals surface area contributed by atoms with Gasteiger partial charge in [0.15, 0.2) is 11.5 Å². The van der Waals surface area contributed by atoms with Crippen LogP contribution in [0, 0.1) is 0 Å². The molecule has 0 aliphatic heterocycles. The minimum Gasteiger partial charge on any atom is -0.493 e. The molecule has 88 valence electrons. The predicted molar refractivity (Wildman–Crippen MR) is 62.8 cm³/mol. The van der Waals surface area contributed by atoms with Gasteiger partial charge in [-0.3, -0.25) is 0 Å². The Kier molecular flexibility index (Phi) is 3.44. The van der Waals surface area contributed by atoms with E-state index in [-0.39, 0.29) is 11.5 Å². The molecule has 1 fully saturated rings. The highest BCUT2D eigenvalue weighted by Crippen LogP contribution is 2.40. The summed E-state index contributed by atoms with van der Waals surface area (Å²) in [7, 11) is 3.24. The van der Waals surface area contributed by atoms with E-state index >= 15 is 0 Å². The Bertz CT molecular complexity index is 339. The minimum atomic E-state index is 0.174. The lowest BCUT2D eigenvalue weighted by atomic mass is 9.95. The fourth-order valence-electron chi connectivity index (χ4n) is 1.70. The van der Waals surface area contributed by atoms with Crippen molar-refractivity contribution in [3.05, 3.63) is 18.2 Å². The zero-order chi connectivity index (χ0) is 11.5. The number of methoxy groups -OCH3 is 2. The fraction of sp³-hybridized carbons (Fsp3) is 0.500. The van der Waals surface area contributed by atoms with Gasteiger partial charge >= 0.3 is 0 Å². The Hall–Kier alpha value is -1.09. The van der Waals surface area contributed by atoms with Crippen LogP contribution in [-0.2, 0) is 0 Å². The smallest absolute Gasteiger partial charge is 0.203 e. The number of ether oxygens (including phenoxy) is 3. The second-order valence-electron chi connectivity index (χ2n) is 3.80. The van der Waals surface area contributed by atoms with Gasteiger partial charge in [0.1, 0.15) is 6.10 Å². The van der Waals surface area contributed by atoms with Crippen LogP contribution in [0.4, 0.5) is 0 Å². The molecule has 0 spiro atoms. The van der Waals surface area contributed by atoms with Crippen LogP contribution in [0.15, 0.2) is 18.2 Å². The normalized spacial score (nSPS) is 23.4. The van der Waals surface area contributed by atoms with E-state index in [1.54, 1.807) is 14.2 Å². The number of hydrogen-bond donors (Lipinski definition) is 0. The zero-order valence-electron chi connectivity index (χ0n) is 9.40. The maximum atomic E-state index is 5.91. The molecule has 1 aliphatic rings. The van der Waals surface area contributed by atoms with Gasteiger partial charge in [-0.15, -0.1) is 11.6 Å². The summed E-state index contributed by atoms with van der Waals surface area (Å²) in [5.41, 5.74) is 0. The van der Waals surface area contributed by atoms with Crippen LogP contribution in [0.3, 0.4) is 0 Å². The second kappa shape index (κ2) is 4.83. The first-order valence-electron chi connectivity index (χ1n) is 5.26. The Morgan fingerprint density at radius 3 is 2.12 bits per heavy atom. The van der Waals surface area contributed by atoms with E-state index in [0.29, 0.717) is 17.2 Å². The molecule has 4 heteroatoms. The van der Waals surface area contributed by atoms with Crippen LogP contribution < -0.4 is 14.2 Å². The van der Waals surface area contributed by atoms with E-state index in [1.165, 1.54) is 0 Å². The zero-order valence-corrected chi connectivity index (χ0v) is 10.2. The van der Waals surface area contributed by atoms with Gasteiger partial charge in [0.25, 0.3) is 0 Å². The van der Waals surface area contributed by atoms with Gasteiger partial charge in [0.2, 0.25) is 5.75 Å². The number of para-hydroxylation sites is 1. The molecule has 2 rings (SSSR count). The van der Waals surface area contributed by atoms with Crippen LogP contribution in [0.5, 0.6) is 17.2 Å². The van der Waals surface area contributed by atoms with Crippen molar-refractivity contribution in [1.29, 1.82) is 0 Å². The predicted octanol–water partition coefficient (Wildman–Crippen LogP) is 2.85. The number of alkyl halides is 1. The lowest BCUT2D eigenvalue weighted by molar-refractivity contribution is 0.115. The molecule has 16 heavy (non-hydrogen) atoms. The van der Waals surface area contributed by atoms with E-state index in [1.807, 2.05) is 18.2 Å². The monoisotopic (exact) mass is 242 g/mol. The van der Waals surface area contributed by atoms with Crippen molar-refractivity contribution >= 4 is 11.6 Å². The maximum absolute atomic E-state index is 5.91. The van der Waals surface area contributed by atoms with Crippen molar-refractivity contribution in [2.45, 2.75) is 24.3 Å². The molecule has 0 aromatic heterocycles. The Labute approximate surface area is 100 Å². The van der Waals surface area contributed by atoms with Gasteiger partial charge in [-0.05, 0) is 12.1 Å². The third-order valence-electron chi connectivity index (χ3n) is 2.70. The largest absolute Gasteiger partial charge is 0.493 e. The number of benzene rings is 1. The van der Waals surface area contributed by atoms with Crippen molar-refractivity contribution in [2.24, 2.45) is 0 Å². The molecule has 1 aliphatic carbocycles. The van der Waals surface area contributed by atoms with Crippen LogP contribution in [0.1, 0.15) is 12.8 Å². The standard InChI is InChI=1S/C12H15ClO3/c1-14-10-4-3-5-11(15-2)12(10)16-9-6-8(13)7-9/h3-5,8-9H,6-7H2,1-2H3. The highest BCUT2D eigenvalue weighted by Gasteiger charge is 2.30. The molecule has 0 N–H and O–H groups in total.